The predicted octanol–water partition coefficient (Wildman–Crippen LogP) is 3.12. The number of rotatable bonds is 3. The molecule has 20 heavy (non-hydrogen) atoms. The van der Waals surface area contributed by atoms with Crippen molar-refractivity contribution in [2.45, 2.75) is 38.6 Å². The van der Waals surface area contributed by atoms with Gasteiger partial charge in [-0.15, -0.1) is 0 Å². The molecule has 3 rings (SSSR count). The Kier molecular flexibility index (Phi) is 3.25. The first kappa shape index (κ1) is 12.8. The Bertz CT molecular complexity index is 632. The summed E-state index contributed by atoms with van der Waals surface area (Å²) in [7, 11) is 0. The normalized spacial score (nSPS) is 22.9. The Morgan fingerprint density at radius 3 is 2.65 bits per heavy atom. The molecule has 1 saturated carbocycles. The van der Waals surface area contributed by atoms with Crippen molar-refractivity contribution in [3.8, 4) is 0 Å². The smallest absolute Gasteiger partial charge is 0.300 e. The second-order valence-electron chi connectivity index (χ2n) is 5.45. The molecule has 0 aliphatic heterocycles. The lowest BCUT2D eigenvalue weighted by Gasteiger charge is -2.27. The van der Waals surface area contributed by atoms with Crippen LogP contribution in [0.5, 0.6) is 0 Å². The van der Waals surface area contributed by atoms with Gasteiger partial charge >= 0.3 is 5.69 Å². The fourth-order valence-corrected chi connectivity index (χ4v) is 2.74. The van der Waals surface area contributed by atoms with Gasteiger partial charge in [0.1, 0.15) is 0 Å². The van der Waals surface area contributed by atoms with Gasteiger partial charge in [0.05, 0.1) is 10.6 Å². The molecule has 0 atom stereocenters. The number of non-ortho nitro benzene ring substituents is 1. The number of aromatic nitrogens is 2. The molecule has 1 fully saturated rings. The number of nitro benzene ring substituents is 1. The highest BCUT2D eigenvalue weighted by atomic mass is 16.6. The maximum absolute atomic E-state index is 10.9. The monoisotopic (exact) mass is 276 g/mol. The van der Waals surface area contributed by atoms with E-state index in [1.54, 1.807) is 6.07 Å². The molecule has 1 aromatic carbocycles. The molecule has 1 heterocycles. The lowest BCUT2D eigenvalue weighted by molar-refractivity contribution is -0.383. The van der Waals surface area contributed by atoms with E-state index < -0.39 is 4.92 Å². The van der Waals surface area contributed by atoms with Crippen LogP contribution in [-0.2, 0) is 0 Å². The molecular formula is C13H16N4O3. The van der Waals surface area contributed by atoms with Crippen molar-refractivity contribution < 1.29 is 9.55 Å². The molecular weight excluding hydrogens is 260 g/mol. The number of anilines is 1. The van der Waals surface area contributed by atoms with Gasteiger partial charge in [-0.2, -0.15) is 0 Å². The molecule has 0 unspecified atom stereocenters. The van der Waals surface area contributed by atoms with E-state index in [4.69, 9.17) is 0 Å². The molecule has 2 aromatic rings. The maximum Gasteiger partial charge on any atom is 0.300 e. The van der Waals surface area contributed by atoms with Gasteiger partial charge in [0.15, 0.2) is 5.52 Å². The van der Waals surface area contributed by atoms with Gasteiger partial charge in [0.25, 0.3) is 0 Å². The Labute approximate surface area is 115 Å². The third-order valence-electron chi connectivity index (χ3n) is 3.97. The molecule has 1 aromatic heterocycles. The Morgan fingerprint density at radius 1 is 1.25 bits per heavy atom. The van der Waals surface area contributed by atoms with Crippen molar-refractivity contribution in [3.05, 3.63) is 22.2 Å². The fraction of sp³-hybridized carbons (Fsp3) is 0.538. The quantitative estimate of drug-likeness (QED) is 0.683. The van der Waals surface area contributed by atoms with Crippen LogP contribution in [0.3, 0.4) is 0 Å². The topological polar surface area (TPSA) is 94.1 Å². The zero-order chi connectivity index (χ0) is 14.1. The van der Waals surface area contributed by atoms with Crippen molar-refractivity contribution in [1.29, 1.82) is 0 Å². The molecule has 7 heteroatoms. The van der Waals surface area contributed by atoms with Crippen LogP contribution >= 0.6 is 0 Å². The zero-order valence-electron chi connectivity index (χ0n) is 11.2. The number of hydrogen-bond donors (Lipinski definition) is 1. The van der Waals surface area contributed by atoms with E-state index in [2.05, 4.69) is 27.2 Å². The second kappa shape index (κ2) is 5.07. The minimum Gasteiger partial charge on any atom is -0.380 e. The van der Waals surface area contributed by atoms with E-state index in [0.717, 1.165) is 24.4 Å². The number of nitrogens with zero attached hydrogens (tertiary/aromatic N) is 3. The third-order valence-corrected chi connectivity index (χ3v) is 3.97. The van der Waals surface area contributed by atoms with Crippen LogP contribution in [0.1, 0.15) is 32.6 Å². The summed E-state index contributed by atoms with van der Waals surface area (Å²) in [6.45, 7) is 2.27. The first-order valence-electron chi connectivity index (χ1n) is 6.81. The second-order valence-corrected chi connectivity index (χ2v) is 5.45. The molecule has 0 saturated heterocycles. The Balaban J connectivity index is 1.87. The van der Waals surface area contributed by atoms with Crippen LogP contribution in [0.2, 0.25) is 0 Å². The average molecular weight is 276 g/mol. The lowest BCUT2D eigenvalue weighted by Crippen LogP contribution is -2.25. The van der Waals surface area contributed by atoms with Gasteiger partial charge in [0, 0.05) is 12.1 Å². The van der Waals surface area contributed by atoms with Crippen molar-refractivity contribution in [3.63, 3.8) is 0 Å². The predicted molar refractivity (Wildman–Crippen MR) is 73.5 cm³/mol. The van der Waals surface area contributed by atoms with Gasteiger partial charge < -0.3 is 5.32 Å². The van der Waals surface area contributed by atoms with E-state index in [-0.39, 0.29) is 11.2 Å². The van der Waals surface area contributed by atoms with Gasteiger partial charge in [-0.3, -0.25) is 10.1 Å². The lowest BCUT2D eigenvalue weighted by atomic mass is 9.87. The Morgan fingerprint density at radius 2 is 1.95 bits per heavy atom. The first-order valence-corrected chi connectivity index (χ1v) is 6.81. The highest BCUT2D eigenvalue weighted by Gasteiger charge is 2.23. The Hall–Kier alpha value is -2.18. The molecule has 106 valence electrons. The number of nitrogens with one attached hydrogen (secondary N) is 1. The van der Waals surface area contributed by atoms with E-state index >= 15 is 0 Å². The van der Waals surface area contributed by atoms with Crippen LogP contribution in [0.15, 0.2) is 16.8 Å². The standard InChI is InChI=1S/C13H16N4O3/c1-8-2-4-9(5-3-8)14-10-6-7-11(17(18)19)13-12(10)15-20-16-13/h6-9,14H,2-5H2,1H3. The highest BCUT2D eigenvalue weighted by Crippen LogP contribution is 2.31. The highest BCUT2D eigenvalue weighted by molar-refractivity contribution is 5.93. The van der Waals surface area contributed by atoms with Crippen LogP contribution in [0, 0.1) is 16.0 Å². The summed E-state index contributed by atoms with van der Waals surface area (Å²) in [5.41, 5.74) is 1.30. The average Bonchev–Trinajstić information content (AvgIpc) is 2.91. The van der Waals surface area contributed by atoms with Crippen molar-refractivity contribution in [1.82, 2.24) is 10.3 Å². The van der Waals surface area contributed by atoms with Crippen LogP contribution < -0.4 is 5.32 Å². The van der Waals surface area contributed by atoms with Crippen LogP contribution in [0.25, 0.3) is 11.0 Å². The summed E-state index contributed by atoms with van der Waals surface area (Å²) in [5.74, 6) is 0.777. The van der Waals surface area contributed by atoms with Crippen molar-refractivity contribution in [2.75, 3.05) is 5.32 Å². The number of benzene rings is 1. The van der Waals surface area contributed by atoms with Crippen molar-refractivity contribution in [2.24, 2.45) is 5.92 Å². The molecule has 0 amide bonds. The summed E-state index contributed by atoms with van der Waals surface area (Å²) in [6.07, 6.45) is 4.60. The molecule has 0 spiro atoms. The SMILES string of the molecule is CC1CCC(Nc2ccc([N+](=O)[O-])c3nonc23)CC1. The molecule has 1 aliphatic carbocycles. The van der Waals surface area contributed by atoms with Gasteiger partial charge in [0.2, 0.25) is 5.52 Å². The summed E-state index contributed by atoms with van der Waals surface area (Å²) in [4.78, 5) is 10.5. The number of hydrogen-bond acceptors (Lipinski definition) is 6. The van der Waals surface area contributed by atoms with Gasteiger partial charge in [-0.1, -0.05) is 6.92 Å². The zero-order valence-corrected chi connectivity index (χ0v) is 11.2. The summed E-state index contributed by atoms with van der Waals surface area (Å²) >= 11 is 0. The largest absolute Gasteiger partial charge is 0.380 e. The van der Waals surface area contributed by atoms with Gasteiger partial charge in [-0.05, 0) is 48.0 Å². The van der Waals surface area contributed by atoms with E-state index in [1.165, 1.54) is 18.9 Å². The van der Waals surface area contributed by atoms with E-state index in [9.17, 15) is 10.1 Å². The minimum atomic E-state index is -0.474. The summed E-state index contributed by atoms with van der Waals surface area (Å²) in [5, 5.41) is 21.8. The maximum atomic E-state index is 10.9. The molecule has 1 N–H and O–H groups in total. The van der Waals surface area contributed by atoms with Crippen molar-refractivity contribution >= 4 is 22.4 Å². The summed E-state index contributed by atoms with van der Waals surface area (Å²) in [6, 6.07) is 3.51. The fourth-order valence-electron chi connectivity index (χ4n) is 2.74. The van der Waals surface area contributed by atoms with Crippen LogP contribution in [0.4, 0.5) is 11.4 Å². The minimum absolute atomic E-state index is 0.0796. The summed E-state index contributed by atoms with van der Waals surface area (Å²) < 4.78 is 4.66. The first-order chi connectivity index (χ1) is 9.65. The van der Waals surface area contributed by atoms with Crippen LogP contribution in [-0.4, -0.2) is 21.3 Å². The molecule has 0 radical (unpaired) electrons. The van der Waals surface area contributed by atoms with Gasteiger partial charge in [-0.25, -0.2) is 4.63 Å². The molecule has 0 bridgehead atoms. The van der Waals surface area contributed by atoms with E-state index in [0.29, 0.717) is 11.6 Å². The third kappa shape index (κ3) is 2.31. The number of nitro groups is 1. The van der Waals surface area contributed by atoms with E-state index in [1.807, 2.05) is 0 Å². The number of fused-ring (bicyclic) bond motifs is 1. The molecule has 7 nitrogen and oxygen atoms in total. The molecule has 1 aliphatic rings.